The fourth-order valence-electron chi connectivity index (χ4n) is 1.85. The van der Waals surface area contributed by atoms with E-state index in [1.165, 1.54) is 5.56 Å². The smallest absolute Gasteiger partial charge is 0.203 e. The third-order valence-electron chi connectivity index (χ3n) is 2.64. The van der Waals surface area contributed by atoms with Crippen LogP contribution in [0.15, 0.2) is 41.5 Å². The van der Waals surface area contributed by atoms with Crippen molar-refractivity contribution in [2.24, 2.45) is 4.99 Å². The second kappa shape index (κ2) is 2.61. The maximum Gasteiger partial charge on any atom is 0.203 e. The molecule has 0 atom stereocenters. The quantitative estimate of drug-likeness (QED) is 0.667. The van der Waals surface area contributed by atoms with E-state index in [0.717, 1.165) is 30.4 Å². The Morgan fingerprint density at radius 3 is 3.14 bits per heavy atom. The third kappa shape index (κ3) is 0.954. The Kier molecular flexibility index (Phi) is 1.42. The molecule has 70 valence electrons. The van der Waals surface area contributed by atoms with E-state index in [0.29, 0.717) is 0 Å². The first-order valence-corrected chi connectivity index (χ1v) is 4.69. The normalized spacial score (nSPS) is 18.4. The molecule has 3 rings (SSSR count). The van der Waals surface area contributed by atoms with Crippen LogP contribution in [-0.2, 0) is 6.54 Å². The van der Waals surface area contributed by atoms with Crippen molar-refractivity contribution >= 4 is 11.6 Å². The van der Waals surface area contributed by atoms with Gasteiger partial charge in [0.2, 0.25) is 5.96 Å². The molecule has 0 fully saturated rings. The van der Waals surface area contributed by atoms with E-state index in [1.54, 1.807) is 0 Å². The average molecular weight is 185 g/mol. The summed E-state index contributed by atoms with van der Waals surface area (Å²) in [5.74, 6) is 0.939. The maximum absolute atomic E-state index is 4.37. The van der Waals surface area contributed by atoms with Crippen molar-refractivity contribution in [3.63, 3.8) is 0 Å². The van der Waals surface area contributed by atoms with Crippen molar-refractivity contribution in [2.45, 2.75) is 6.54 Å². The minimum atomic E-state index is 0.719. The number of rotatable bonds is 0. The summed E-state index contributed by atoms with van der Waals surface area (Å²) >= 11 is 0. The van der Waals surface area contributed by atoms with E-state index in [2.05, 4.69) is 40.0 Å². The Morgan fingerprint density at radius 2 is 2.21 bits per heavy atom. The van der Waals surface area contributed by atoms with Crippen LogP contribution in [0.3, 0.4) is 0 Å². The van der Waals surface area contributed by atoms with Crippen LogP contribution in [0.4, 0.5) is 5.69 Å². The number of guanidine groups is 1. The standard InChI is InChI=1S/C11H11N3/c1-8-6-12-11-13-10-5-3-2-4-9(10)7-14(8)11/h2-5H,1,6-7H2,(H,12,13). The molecular formula is C11H11N3. The first-order valence-electron chi connectivity index (χ1n) is 4.69. The van der Waals surface area contributed by atoms with Gasteiger partial charge in [0.05, 0.1) is 13.1 Å². The zero-order valence-electron chi connectivity index (χ0n) is 7.83. The monoisotopic (exact) mass is 185 g/mol. The van der Waals surface area contributed by atoms with E-state index < -0.39 is 0 Å². The molecule has 0 saturated heterocycles. The lowest BCUT2D eigenvalue weighted by Gasteiger charge is -2.28. The predicted octanol–water partition coefficient (Wildman–Crippen LogP) is 1.80. The number of para-hydroxylation sites is 1. The molecule has 2 heterocycles. The van der Waals surface area contributed by atoms with Gasteiger partial charge in [0.15, 0.2) is 0 Å². The van der Waals surface area contributed by atoms with Gasteiger partial charge in [-0.2, -0.15) is 0 Å². The molecule has 1 aromatic carbocycles. The topological polar surface area (TPSA) is 27.6 Å². The summed E-state index contributed by atoms with van der Waals surface area (Å²) in [4.78, 5) is 6.50. The second-order valence-electron chi connectivity index (χ2n) is 3.57. The fourth-order valence-corrected chi connectivity index (χ4v) is 1.85. The van der Waals surface area contributed by atoms with Crippen molar-refractivity contribution in [3.8, 4) is 0 Å². The Morgan fingerprint density at radius 1 is 1.36 bits per heavy atom. The van der Waals surface area contributed by atoms with Crippen molar-refractivity contribution < 1.29 is 0 Å². The first-order chi connectivity index (χ1) is 6.84. The van der Waals surface area contributed by atoms with Gasteiger partial charge < -0.3 is 10.2 Å². The summed E-state index contributed by atoms with van der Waals surface area (Å²) in [6.07, 6.45) is 0. The van der Waals surface area contributed by atoms with Gasteiger partial charge in [-0.05, 0) is 11.6 Å². The molecule has 1 aromatic rings. The van der Waals surface area contributed by atoms with Crippen LogP contribution in [0.5, 0.6) is 0 Å². The number of benzene rings is 1. The molecule has 3 nitrogen and oxygen atoms in total. The summed E-state index contributed by atoms with van der Waals surface area (Å²) in [6.45, 7) is 5.59. The maximum atomic E-state index is 4.37. The highest BCUT2D eigenvalue weighted by atomic mass is 15.4. The molecule has 0 amide bonds. The van der Waals surface area contributed by atoms with Crippen LogP contribution in [0.25, 0.3) is 0 Å². The van der Waals surface area contributed by atoms with E-state index in [1.807, 2.05) is 6.07 Å². The van der Waals surface area contributed by atoms with Crippen LogP contribution in [0, 0.1) is 0 Å². The van der Waals surface area contributed by atoms with Crippen LogP contribution >= 0.6 is 0 Å². The Balaban J connectivity index is 2.05. The Bertz CT molecular complexity index is 434. The molecule has 2 aliphatic heterocycles. The third-order valence-corrected chi connectivity index (χ3v) is 2.64. The van der Waals surface area contributed by atoms with Gasteiger partial charge in [0, 0.05) is 11.4 Å². The number of hydrogen-bond acceptors (Lipinski definition) is 3. The highest BCUT2D eigenvalue weighted by Gasteiger charge is 2.26. The number of aliphatic imine (C=N–C) groups is 1. The van der Waals surface area contributed by atoms with Gasteiger partial charge in [-0.1, -0.05) is 24.8 Å². The number of nitrogens with zero attached hydrogens (tertiary/aromatic N) is 2. The minimum Gasteiger partial charge on any atom is -0.326 e. The van der Waals surface area contributed by atoms with Gasteiger partial charge in [0.1, 0.15) is 0 Å². The number of hydrogen-bond donors (Lipinski definition) is 1. The van der Waals surface area contributed by atoms with Crippen LogP contribution < -0.4 is 5.32 Å². The second-order valence-corrected chi connectivity index (χ2v) is 3.57. The molecule has 14 heavy (non-hydrogen) atoms. The predicted molar refractivity (Wildman–Crippen MR) is 57.0 cm³/mol. The molecular weight excluding hydrogens is 174 g/mol. The highest BCUT2D eigenvalue weighted by molar-refractivity contribution is 5.98. The van der Waals surface area contributed by atoms with Crippen LogP contribution in [0.1, 0.15) is 5.56 Å². The largest absolute Gasteiger partial charge is 0.326 e. The number of fused-ring (bicyclic) bond motifs is 2. The van der Waals surface area contributed by atoms with Gasteiger partial charge >= 0.3 is 0 Å². The summed E-state index contributed by atoms with van der Waals surface area (Å²) < 4.78 is 0. The van der Waals surface area contributed by atoms with Gasteiger partial charge in [-0.3, -0.25) is 0 Å². The molecule has 0 spiro atoms. The van der Waals surface area contributed by atoms with Gasteiger partial charge in [-0.15, -0.1) is 0 Å². The number of anilines is 1. The molecule has 0 radical (unpaired) electrons. The SMILES string of the molecule is C=C1CN=C2Nc3ccccc3CN12. The first kappa shape index (κ1) is 7.62. The minimum absolute atomic E-state index is 0.719. The fraction of sp³-hybridized carbons (Fsp3) is 0.182. The summed E-state index contributed by atoms with van der Waals surface area (Å²) in [5.41, 5.74) is 3.54. The van der Waals surface area contributed by atoms with Gasteiger partial charge in [-0.25, -0.2) is 4.99 Å². The van der Waals surface area contributed by atoms with Crippen molar-refractivity contribution in [1.29, 1.82) is 0 Å². The lowest BCUT2D eigenvalue weighted by molar-refractivity contribution is 0.519. The average Bonchev–Trinajstić information content (AvgIpc) is 2.57. The molecule has 1 N–H and O–H groups in total. The highest BCUT2D eigenvalue weighted by Crippen LogP contribution is 2.27. The molecule has 2 aliphatic rings. The van der Waals surface area contributed by atoms with E-state index in [4.69, 9.17) is 0 Å². The zero-order valence-corrected chi connectivity index (χ0v) is 7.83. The molecule has 3 heteroatoms. The summed E-state index contributed by atoms with van der Waals surface area (Å²) in [7, 11) is 0. The summed E-state index contributed by atoms with van der Waals surface area (Å²) in [5, 5.41) is 3.30. The molecule has 0 aliphatic carbocycles. The molecule has 0 unspecified atom stereocenters. The Hall–Kier alpha value is -1.77. The number of nitrogens with one attached hydrogen (secondary N) is 1. The van der Waals surface area contributed by atoms with Crippen molar-refractivity contribution in [2.75, 3.05) is 11.9 Å². The molecule has 0 bridgehead atoms. The lowest BCUT2D eigenvalue weighted by atomic mass is 10.1. The Labute approximate surface area is 82.8 Å². The zero-order chi connectivity index (χ0) is 9.54. The molecule has 0 saturated carbocycles. The lowest BCUT2D eigenvalue weighted by Crippen LogP contribution is -2.35. The van der Waals surface area contributed by atoms with E-state index >= 15 is 0 Å². The van der Waals surface area contributed by atoms with Crippen molar-refractivity contribution in [1.82, 2.24) is 4.90 Å². The summed E-state index contributed by atoms with van der Waals surface area (Å²) in [6, 6.07) is 8.30. The van der Waals surface area contributed by atoms with Crippen LogP contribution in [-0.4, -0.2) is 17.4 Å². The van der Waals surface area contributed by atoms with E-state index in [-0.39, 0.29) is 0 Å². The van der Waals surface area contributed by atoms with Gasteiger partial charge in [0.25, 0.3) is 0 Å². The van der Waals surface area contributed by atoms with Crippen molar-refractivity contribution in [3.05, 3.63) is 42.1 Å². The molecule has 0 aromatic heterocycles. The van der Waals surface area contributed by atoms with Crippen LogP contribution in [0.2, 0.25) is 0 Å². The van der Waals surface area contributed by atoms with E-state index in [9.17, 15) is 0 Å².